The van der Waals surface area contributed by atoms with Gasteiger partial charge in [-0.15, -0.1) is 47.0 Å². The van der Waals surface area contributed by atoms with Crippen molar-refractivity contribution in [1.82, 2.24) is 4.98 Å². The molecule has 0 bridgehead atoms. The zero-order valence-electron chi connectivity index (χ0n) is 13.2. The molecule has 0 N–H and O–H groups in total. The number of benzene rings is 2. The number of rotatable bonds is 3. The number of hydrogen-bond donors (Lipinski definition) is 0. The summed E-state index contributed by atoms with van der Waals surface area (Å²) in [6.07, 6.45) is 4.75. The summed E-state index contributed by atoms with van der Waals surface area (Å²) in [5.74, 6) is 0.528. The van der Waals surface area contributed by atoms with Crippen molar-refractivity contribution in [2.24, 2.45) is 12.0 Å². The van der Waals surface area contributed by atoms with Gasteiger partial charge < -0.3 is 4.99 Å². The molecule has 3 rings (SSSR count). The molecule has 111 valence electrons. The van der Waals surface area contributed by atoms with Gasteiger partial charge in [-0.3, -0.25) is 4.57 Å². The van der Waals surface area contributed by atoms with Crippen LogP contribution in [0.4, 0.5) is 5.82 Å². The van der Waals surface area contributed by atoms with Crippen LogP contribution in [-0.4, -0.2) is 11.2 Å². The fraction of sp³-hybridized carbons (Fsp3) is 0.105. The first-order valence-electron chi connectivity index (χ1n) is 7.10. The van der Waals surface area contributed by atoms with E-state index in [1.807, 2.05) is 54.1 Å². The molecule has 3 aromatic rings. The van der Waals surface area contributed by atoms with Gasteiger partial charge in [-0.2, -0.15) is 6.07 Å². The minimum Gasteiger partial charge on any atom is -0.329 e. The molecule has 0 spiro atoms. The van der Waals surface area contributed by atoms with Crippen molar-refractivity contribution in [3.05, 3.63) is 78.1 Å². The first-order valence-corrected chi connectivity index (χ1v) is 7.10. The van der Waals surface area contributed by atoms with Crippen LogP contribution in [0.5, 0.6) is 0 Å². The molecule has 0 amide bonds. The fourth-order valence-corrected chi connectivity index (χ4v) is 2.21. The monoisotopic (exact) mass is 375 g/mol. The Morgan fingerprint density at radius 2 is 1.74 bits per heavy atom. The molecule has 0 unspecified atom stereocenters. The van der Waals surface area contributed by atoms with Crippen LogP contribution in [0.3, 0.4) is 0 Å². The Morgan fingerprint density at radius 3 is 2.48 bits per heavy atom. The third-order valence-electron chi connectivity index (χ3n) is 3.40. The summed E-state index contributed by atoms with van der Waals surface area (Å²) < 4.78 is 1.95. The standard InChI is InChI=1S/C19H16N3.Y/c1-15-8-6-7-11-17(15)18-12-19(21-14-22(18)2)20-13-16-9-4-3-5-10-16;/h3-11,14H,1-2H3;/q-1;. The quantitative estimate of drug-likeness (QED) is 0.392. The SMILES string of the molecule is Cc1ccccc1-c1[c-]c(N=[C-]c2ccccc2)nc[n+]1C.[Y]. The van der Waals surface area contributed by atoms with E-state index in [0.717, 1.165) is 16.8 Å². The molecule has 23 heavy (non-hydrogen) atoms. The summed E-state index contributed by atoms with van der Waals surface area (Å²) in [6, 6.07) is 21.3. The third kappa shape index (κ3) is 4.40. The van der Waals surface area contributed by atoms with Crippen LogP contribution < -0.4 is 4.57 Å². The van der Waals surface area contributed by atoms with Crippen LogP contribution in [0.25, 0.3) is 11.3 Å². The van der Waals surface area contributed by atoms with E-state index in [2.05, 4.69) is 41.3 Å². The van der Waals surface area contributed by atoms with E-state index in [1.54, 1.807) is 6.33 Å². The average Bonchev–Trinajstić information content (AvgIpc) is 2.56. The Morgan fingerprint density at radius 1 is 1.04 bits per heavy atom. The molecular weight excluding hydrogens is 359 g/mol. The second-order valence-corrected chi connectivity index (χ2v) is 5.06. The van der Waals surface area contributed by atoms with E-state index < -0.39 is 0 Å². The van der Waals surface area contributed by atoms with E-state index in [9.17, 15) is 0 Å². The van der Waals surface area contributed by atoms with E-state index in [-0.39, 0.29) is 32.7 Å². The van der Waals surface area contributed by atoms with Gasteiger partial charge in [0, 0.05) is 32.7 Å². The summed E-state index contributed by atoms with van der Waals surface area (Å²) >= 11 is 0. The number of aliphatic imine (C=N–C) groups is 1. The molecule has 0 saturated heterocycles. The van der Waals surface area contributed by atoms with Crippen LogP contribution in [0.1, 0.15) is 11.1 Å². The van der Waals surface area contributed by atoms with Gasteiger partial charge >= 0.3 is 0 Å². The maximum atomic E-state index is 4.30. The normalized spacial score (nSPS) is 10.5. The topological polar surface area (TPSA) is 29.1 Å². The zero-order chi connectivity index (χ0) is 15.4. The van der Waals surface area contributed by atoms with E-state index in [1.165, 1.54) is 5.56 Å². The zero-order valence-corrected chi connectivity index (χ0v) is 16.0. The smallest absolute Gasteiger partial charge is 0.273 e. The molecule has 0 atom stereocenters. The van der Waals surface area contributed by atoms with Crippen molar-refractivity contribution < 1.29 is 37.3 Å². The third-order valence-corrected chi connectivity index (χ3v) is 3.40. The summed E-state index contributed by atoms with van der Waals surface area (Å²) in [7, 11) is 1.96. The Labute approximate surface area is 162 Å². The molecule has 0 saturated carbocycles. The van der Waals surface area contributed by atoms with E-state index in [4.69, 9.17) is 0 Å². The molecular formula is C19H16N3Y-. The van der Waals surface area contributed by atoms with Crippen LogP contribution in [0.15, 0.2) is 65.9 Å². The summed E-state index contributed by atoms with van der Waals surface area (Å²) in [4.78, 5) is 8.59. The number of hydrogen-bond acceptors (Lipinski definition) is 2. The average molecular weight is 375 g/mol. The van der Waals surface area contributed by atoms with Crippen LogP contribution in [0.2, 0.25) is 0 Å². The minimum absolute atomic E-state index is 0. The van der Waals surface area contributed by atoms with Crippen molar-refractivity contribution in [3.63, 3.8) is 0 Å². The van der Waals surface area contributed by atoms with Crippen molar-refractivity contribution in [2.45, 2.75) is 6.92 Å². The maximum Gasteiger partial charge on any atom is 0.273 e. The Kier molecular flexibility index (Phi) is 6.32. The largest absolute Gasteiger partial charge is 0.329 e. The predicted molar refractivity (Wildman–Crippen MR) is 87.1 cm³/mol. The Bertz CT molecular complexity index is 814. The van der Waals surface area contributed by atoms with Gasteiger partial charge in [-0.05, 0) is 11.9 Å². The summed E-state index contributed by atoms with van der Waals surface area (Å²) in [5, 5.41) is 0. The predicted octanol–water partition coefficient (Wildman–Crippen LogP) is 3.31. The molecule has 2 aromatic carbocycles. The Balaban J connectivity index is 0.00000192. The van der Waals surface area contributed by atoms with Crippen LogP contribution in [-0.2, 0) is 39.8 Å². The van der Waals surface area contributed by atoms with Gasteiger partial charge in [0.2, 0.25) is 0 Å². The number of aromatic nitrogens is 2. The maximum absolute atomic E-state index is 4.30. The first kappa shape index (κ1) is 17.6. The number of nitrogens with zero attached hydrogens (tertiary/aromatic N) is 3. The van der Waals surface area contributed by atoms with Gasteiger partial charge in [0.05, 0.1) is 7.05 Å². The van der Waals surface area contributed by atoms with Gasteiger partial charge in [-0.1, -0.05) is 36.2 Å². The molecule has 0 aliphatic carbocycles. The minimum atomic E-state index is 0. The van der Waals surface area contributed by atoms with Crippen molar-refractivity contribution in [3.8, 4) is 11.3 Å². The van der Waals surface area contributed by atoms with Crippen molar-refractivity contribution in [1.29, 1.82) is 0 Å². The van der Waals surface area contributed by atoms with Crippen LogP contribution >= 0.6 is 0 Å². The van der Waals surface area contributed by atoms with Gasteiger partial charge in [0.25, 0.3) is 6.33 Å². The summed E-state index contributed by atoms with van der Waals surface area (Å²) in [5.41, 5.74) is 4.20. The van der Waals surface area contributed by atoms with Gasteiger partial charge in [-0.25, -0.2) is 0 Å². The molecule has 0 aliphatic rings. The van der Waals surface area contributed by atoms with Gasteiger partial charge in [0.15, 0.2) is 0 Å². The van der Waals surface area contributed by atoms with Crippen molar-refractivity contribution in [2.75, 3.05) is 0 Å². The molecule has 1 radical (unpaired) electrons. The summed E-state index contributed by atoms with van der Waals surface area (Å²) in [6.45, 7) is 2.09. The fourth-order valence-electron chi connectivity index (χ4n) is 2.21. The van der Waals surface area contributed by atoms with E-state index >= 15 is 0 Å². The molecule has 1 aromatic heterocycles. The molecule has 4 heteroatoms. The van der Waals surface area contributed by atoms with Gasteiger partial charge in [0.1, 0.15) is 5.82 Å². The van der Waals surface area contributed by atoms with Crippen molar-refractivity contribution >= 4 is 12.0 Å². The Hall–Kier alpha value is -1.71. The first-order chi connectivity index (χ1) is 10.7. The molecule has 3 nitrogen and oxygen atoms in total. The molecule has 1 heterocycles. The second kappa shape index (κ2) is 8.23. The van der Waals surface area contributed by atoms with E-state index in [0.29, 0.717) is 5.82 Å². The second-order valence-electron chi connectivity index (χ2n) is 5.06. The molecule has 0 aliphatic heterocycles. The van der Waals surface area contributed by atoms with Crippen LogP contribution in [0, 0.1) is 13.0 Å². The number of aryl methyl sites for hydroxylation is 2. The molecule has 0 fully saturated rings.